The van der Waals surface area contributed by atoms with E-state index in [-0.39, 0.29) is 12.0 Å². The summed E-state index contributed by atoms with van der Waals surface area (Å²) in [7, 11) is 0. The second-order valence-electron chi connectivity index (χ2n) is 5.56. The van der Waals surface area contributed by atoms with Gasteiger partial charge in [-0.25, -0.2) is 4.98 Å². The second kappa shape index (κ2) is 8.07. The highest BCUT2D eigenvalue weighted by Crippen LogP contribution is 2.23. The van der Waals surface area contributed by atoms with Crippen LogP contribution in [0.4, 0.5) is 5.82 Å². The number of aromatic nitrogens is 1. The number of nitrogens with one attached hydrogen (secondary N) is 1. The number of morpholine rings is 1. The molecule has 1 unspecified atom stereocenters. The van der Waals surface area contributed by atoms with Crippen molar-refractivity contribution in [2.24, 2.45) is 0 Å². The molecule has 2 heterocycles. The third-order valence-corrected chi connectivity index (χ3v) is 4.48. The Bertz CT molecular complexity index is 694. The van der Waals surface area contributed by atoms with E-state index in [0.29, 0.717) is 30.5 Å². The van der Waals surface area contributed by atoms with Crippen LogP contribution in [0.15, 0.2) is 47.1 Å². The van der Waals surface area contributed by atoms with Gasteiger partial charge in [0.25, 0.3) is 0 Å². The molecule has 0 bridgehead atoms. The quantitative estimate of drug-likeness (QED) is 0.838. The zero-order valence-electron chi connectivity index (χ0n) is 12.9. The summed E-state index contributed by atoms with van der Waals surface area (Å²) >= 11 is 9.24. The average Bonchev–Trinajstić information content (AvgIpc) is 2.58. The molecule has 0 spiro atoms. The van der Waals surface area contributed by atoms with Crippen molar-refractivity contribution in [2.45, 2.75) is 6.10 Å². The normalized spacial score (nSPS) is 18.3. The number of benzene rings is 1. The van der Waals surface area contributed by atoms with Crippen LogP contribution in [0.25, 0.3) is 0 Å². The first-order valence-electron chi connectivity index (χ1n) is 7.61. The van der Waals surface area contributed by atoms with Gasteiger partial charge in [0.15, 0.2) is 0 Å². The maximum atomic E-state index is 12.2. The summed E-state index contributed by atoms with van der Waals surface area (Å²) in [5.74, 6) is 0.465. The van der Waals surface area contributed by atoms with Gasteiger partial charge in [-0.1, -0.05) is 23.7 Å². The molecule has 3 rings (SSSR count). The smallest absolute Gasteiger partial charge is 0.239 e. The van der Waals surface area contributed by atoms with E-state index < -0.39 is 0 Å². The summed E-state index contributed by atoms with van der Waals surface area (Å²) < 4.78 is 6.69. The van der Waals surface area contributed by atoms with E-state index in [0.717, 1.165) is 16.6 Å². The number of nitrogens with zero attached hydrogens (tertiary/aromatic N) is 2. The molecular formula is C17H17BrClN3O2. The second-order valence-corrected chi connectivity index (χ2v) is 6.91. The summed E-state index contributed by atoms with van der Waals surface area (Å²) in [6.07, 6.45) is 1.61. The van der Waals surface area contributed by atoms with Crippen LogP contribution in [-0.4, -0.2) is 42.0 Å². The molecule has 1 aliphatic heterocycles. The standard InChI is InChI=1S/C17H17BrClN3O2/c18-13-3-6-16(20-9-13)21-17(23)11-22-7-8-24-15(10-22)12-1-4-14(19)5-2-12/h1-6,9,15H,7-8,10-11H2,(H,20,21,23). The van der Waals surface area contributed by atoms with E-state index in [2.05, 4.69) is 31.1 Å². The molecule has 1 amide bonds. The molecule has 0 saturated carbocycles. The summed E-state index contributed by atoms with van der Waals surface area (Å²) in [5.41, 5.74) is 1.07. The average molecular weight is 411 g/mol. The highest BCUT2D eigenvalue weighted by Gasteiger charge is 2.23. The van der Waals surface area contributed by atoms with Gasteiger partial charge >= 0.3 is 0 Å². The summed E-state index contributed by atoms with van der Waals surface area (Å²) in [5, 5.41) is 3.51. The van der Waals surface area contributed by atoms with E-state index in [1.54, 1.807) is 12.3 Å². The lowest BCUT2D eigenvalue weighted by atomic mass is 10.1. The van der Waals surface area contributed by atoms with Gasteiger partial charge in [0.1, 0.15) is 5.82 Å². The minimum Gasteiger partial charge on any atom is -0.371 e. The molecule has 24 heavy (non-hydrogen) atoms. The Morgan fingerprint density at radius 1 is 1.33 bits per heavy atom. The number of carbonyl (C=O) groups excluding carboxylic acids is 1. The maximum Gasteiger partial charge on any atom is 0.239 e. The zero-order valence-corrected chi connectivity index (χ0v) is 15.3. The van der Waals surface area contributed by atoms with E-state index in [1.807, 2.05) is 30.3 Å². The lowest BCUT2D eigenvalue weighted by Gasteiger charge is -2.32. The van der Waals surface area contributed by atoms with E-state index in [9.17, 15) is 4.79 Å². The molecule has 126 valence electrons. The zero-order chi connectivity index (χ0) is 16.9. The Hall–Kier alpha value is -1.47. The molecule has 1 aliphatic rings. The molecule has 1 saturated heterocycles. The van der Waals surface area contributed by atoms with Crippen molar-refractivity contribution < 1.29 is 9.53 Å². The van der Waals surface area contributed by atoms with Crippen LogP contribution in [0, 0.1) is 0 Å². The molecule has 0 radical (unpaired) electrons. The number of hydrogen-bond donors (Lipinski definition) is 1. The number of ether oxygens (including phenoxy) is 1. The molecule has 7 heteroatoms. The minimum absolute atomic E-state index is 0.0466. The predicted octanol–water partition coefficient (Wildman–Crippen LogP) is 3.51. The molecule has 1 aromatic carbocycles. The number of pyridine rings is 1. The number of rotatable bonds is 4. The van der Waals surface area contributed by atoms with Crippen LogP contribution in [0.2, 0.25) is 5.02 Å². The first-order chi connectivity index (χ1) is 11.6. The maximum absolute atomic E-state index is 12.2. The Kier molecular flexibility index (Phi) is 5.84. The Morgan fingerprint density at radius 3 is 2.83 bits per heavy atom. The first kappa shape index (κ1) is 17.4. The molecular weight excluding hydrogens is 394 g/mol. The third kappa shape index (κ3) is 4.77. The topological polar surface area (TPSA) is 54.5 Å². The number of halogens is 2. The van der Waals surface area contributed by atoms with Crippen molar-refractivity contribution in [1.29, 1.82) is 0 Å². The fraction of sp³-hybridized carbons (Fsp3) is 0.294. The Balaban J connectivity index is 1.55. The van der Waals surface area contributed by atoms with Gasteiger partial charge in [-0.15, -0.1) is 0 Å². The Morgan fingerprint density at radius 2 is 2.12 bits per heavy atom. The molecule has 1 aromatic heterocycles. The van der Waals surface area contributed by atoms with Crippen LogP contribution in [0.5, 0.6) is 0 Å². The fourth-order valence-corrected chi connectivity index (χ4v) is 2.92. The van der Waals surface area contributed by atoms with E-state index in [4.69, 9.17) is 16.3 Å². The molecule has 1 N–H and O–H groups in total. The van der Waals surface area contributed by atoms with Crippen LogP contribution < -0.4 is 5.32 Å². The van der Waals surface area contributed by atoms with Crippen molar-refractivity contribution in [3.63, 3.8) is 0 Å². The lowest BCUT2D eigenvalue weighted by molar-refractivity contribution is -0.119. The number of anilines is 1. The van der Waals surface area contributed by atoms with Crippen LogP contribution in [0.3, 0.4) is 0 Å². The van der Waals surface area contributed by atoms with Crippen LogP contribution in [0.1, 0.15) is 11.7 Å². The molecule has 2 aromatic rings. The first-order valence-corrected chi connectivity index (χ1v) is 8.78. The number of amides is 1. The molecule has 1 atom stereocenters. The monoisotopic (exact) mass is 409 g/mol. The van der Waals surface area contributed by atoms with Crippen molar-refractivity contribution >= 4 is 39.3 Å². The van der Waals surface area contributed by atoms with Crippen molar-refractivity contribution in [1.82, 2.24) is 9.88 Å². The van der Waals surface area contributed by atoms with Crippen molar-refractivity contribution in [3.8, 4) is 0 Å². The highest BCUT2D eigenvalue weighted by atomic mass is 79.9. The van der Waals surface area contributed by atoms with E-state index in [1.165, 1.54) is 0 Å². The summed E-state index contributed by atoms with van der Waals surface area (Å²) in [4.78, 5) is 18.4. The van der Waals surface area contributed by atoms with Gasteiger partial charge in [-0.2, -0.15) is 0 Å². The SMILES string of the molecule is O=C(CN1CCOC(c2ccc(Cl)cc2)C1)Nc1ccc(Br)cn1. The highest BCUT2D eigenvalue weighted by molar-refractivity contribution is 9.10. The minimum atomic E-state index is -0.0819. The fourth-order valence-electron chi connectivity index (χ4n) is 2.56. The number of carbonyl (C=O) groups is 1. The summed E-state index contributed by atoms with van der Waals surface area (Å²) in [6.45, 7) is 2.30. The van der Waals surface area contributed by atoms with E-state index >= 15 is 0 Å². The Labute approximate surface area is 154 Å². The predicted molar refractivity (Wildman–Crippen MR) is 97.2 cm³/mol. The number of hydrogen-bond acceptors (Lipinski definition) is 4. The molecule has 5 nitrogen and oxygen atoms in total. The third-order valence-electron chi connectivity index (χ3n) is 3.75. The van der Waals surface area contributed by atoms with Gasteiger partial charge in [-0.05, 0) is 45.8 Å². The molecule has 0 aliphatic carbocycles. The van der Waals surface area contributed by atoms with Gasteiger partial charge in [0, 0.05) is 28.8 Å². The van der Waals surface area contributed by atoms with Crippen LogP contribution >= 0.6 is 27.5 Å². The van der Waals surface area contributed by atoms with Gasteiger partial charge < -0.3 is 10.1 Å². The van der Waals surface area contributed by atoms with Gasteiger partial charge in [-0.3, -0.25) is 9.69 Å². The van der Waals surface area contributed by atoms with Crippen LogP contribution in [-0.2, 0) is 9.53 Å². The summed E-state index contributed by atoms with van der Waals surface area (Å²) in [6, 6.07) is 11.2. The van der Waals surface area contributed by atoms with Crippen molar-refractivity contribution in [3.05, 3.63) is 57.7 Å². The largest absolute Gasteiger partial charge is 0.371 e. The van der Waals surface area contributed by atoms with Gasteiger partial charge in [0.2, 0.25) is 5.91 Å². The van der Waals surface area contributed by atoms with Gasteiger partial charge in [0.05, 0.1) is 19.3 Å². The lowest BCUT2D eigenvalue weighted by Crippen LogP contribution is -2.42. The molecule has 1 fully saturated rings. The van der Waals surface area contributed by atoms with Crippen molar-refractivity contribution in [2.75, 3.05) is 31.6 Å².